The minimum absolute atomic E-state index is 0.0752. The Morgan fingerprint density at radius 2 is 2.19 bits per heavy atom. The third-order valence-electron chi connectivity index (χ3n) is 3.10. The maximum absolute atomic E-state index is 6.01. The monoisotopic (exact) mass is 220 g/mol. The molecule has 1 aliphatic heterocycles. The number of benzene rings is 1. The molecule has 88 valence electrons. The maximum Gasteiger partial charge on any atom is 0.0668 e. The van der Waals surface area contributed by atoms with Crippen LogP contribution in [0.4, 0.5) is 5.69 Å². The van der Waals surface area contributed by atoms with Gasteiger partial charge in [0.1, 0.15) is 0 Å². The molecule has 1 saturated heterocycles. The summed E-state index contributed by atoms with van der Waals surface area (Å²) in [5.74, 6) is 0. The van der Waals surface area contributed by atoms with E-state index in [9.17, 15) is 0 Å². The summed E-state index contributed by atoms with van der Waals surface area (Å²) in [5.41, 5.74) is 8.49. The van der Waals surface area contributed by atoms with Gasteiger partial charge in [-0.2, -0.15) is 0 Å². The molecule has 3 nitrogen and oxygen atoms in total. The lowest BCUT2D eigenvalue weighted by molar-refractivity contribution is 0.0988. The van der Waals surface area contributed by atoms with Crippen LogP contribution in [0.3, 0.4) is 0 Å². The van der Waals surface area contributed by atoms with Crippen molar-refractivity contribution in [1.82, 2.24) is 0 Å². The summed E-state index contributed by atoms with van der Waals surface area (Å²) in [7, 11) is 0. The average Bonchev–Trinajstić information content (AvgIpc) is 2.29. The third-order valence-corrected chi connectivity index (χ3v) is 3.10. The van der Waals surface area contributed by atoms with Crippen molar-refractivity contribution in [3.05, 3.63) is 29.8 Å². The molecule has 0 amide bonds. The van der Waals surface area contributed by atoms with Crippen LogP contribution in [0.15, 0.2) is 24.3 Å². The fourth-order valence-electron chi connectivity index (χ4n) is 2.22. The smallest absolute Gasteiger partial charge is 0.0668 e. The molecule has 0 saturated carbocycles. The van der Waals surface area contributed by atoms with Crippen molar-refractivity contribution >= 4 is 5.69 Å². The van der Waals surface area contributed by atoms with Gasteiger partial charge in [-0.1, -0.05) is 18.2 Å². The van der Waals surface area contributed by atoms with Crippen molar-refractivity contribution in [3.63, 3.8) is 0 Å². The molecule has 0 aromatic heterocycles. The van der Waals surface area contributed by atoms with Crippen LogP contribution in [0, 0.1) is 0 Å². The summed E-state index contributed by atoms with van der Waals surface area (Å²) >= 11 is 0. The van der Waals surface area contributed by atoms with E-state index in [1.165, 1.54) is 11.3 Å². The highest BCUT2D eigenvalue weighted by Gasteiger charge is 2.21. The first-order chi connectivity index (χ1) is 7.70. The lowest BCUT2D eigenvalue weighted by atomic mass is 10.0. The Labute approximate surface area is 97.2 Å². The van der Waals surface area contributed by atoms with Gasteiger partial charge in [0.25, 0.3) is 0 Å². The molecule has 0 spiro atoms. The molecule has 0 radical (unpaired) electrons. The maximum atomic E-state index is 6.01. The van der Waals surface area contributed by atoms with Gasteiger partial charge in [-0.05, 0) is 25.5 Å². The summed E-state index contributed by atoms with van der Waals surface area (Å²) in [6.07, 6.45) is 0. The molecule has 2 atom stereocenters. The van der Waals surface area contributed by atoms with Crippen LogP contribution >= 0.6 is 0 Å². The largest absolute Gasteiger partial charge is 0.377 e. The summed E-state index contributed by atoms with van der Waals surface area (Å²) in [6, 6.07) is 8.89. The van der Waals surface area contributed by atoms with Crippen LogP contribution in [0.5, 0.6) is 0 Å². The van der Waals surface area contributed by atoms with E-state index in [1.54, 1.807) is 0 Å². The SMILES string of the molecule is CC1COCCN1c1ccccc1[C@H](C)N. The number of para-hydroxylation sites is 1. The zero-order chi connectivity index (χ0) is 11.5. The molecular weight excluding hydrogens is 200 g/mol. The quantitative estimate of drug-likeness (QED) is 0.827. The van der Waals surface area contributed by atoms with E-state index in [4.69, 9.17) is 10.5 Å². The Morgan fingerprint density at radius 3 is 2.88 bits per heavy atom. The first kappa shape index (κ1) is 11.4. The van der Waals surface area contributed by atoms with E-state index >= 15 is 0 Å². The number of nitrogens with two attached hydrogens (primary N) is 1. The van der Waals surface area contributed by atoms with Crippen LogP contribution in [-0.4, -0.2) is 25.8 Å². The second kappa shape index (κ2) is 4.85. The Hall–Kier alpha value is -1.06. The van der Waals surface area contributed by atoms with Gasteiger partial charge in [0.2, 0.25) is 0 Å². The van der Waals surface area contributed by atoms with Gasteiger partial charge in [-0.3, -0.25) is 0 Å². The van der Waals surface area contributed by atoms with Gasteiger partial charge in [-0.25, -0.2) is 0 Å². The van der Waals surface area contributed by atoms with Crippen molar-refractivity contribution in [3.8, 4) is 0 Å². The number of hydrogen-bond donors (Lipinski definition) is 1. The number of morpholine rings is 1. The van der Waals surface area contributed by atoms with Gasteiger partial charge in [0.15, 0.2) is 0 Å². The summed E-state index contributed by atoms with van der Waals surface area (Å²) in [6.45, 7) is 6.77. The Morgan fingerprint density at radius 1 is 1.44 bits per heavy atom. The van der Waals surface area contributed by atoms with Crippen molar-refractivity contribution in [2.75, 3.05) is 24.7 Å². The van der Waals surface area contributed by atoms with Gasteiger partial charge in [0.05, 0.1) is 13.2 Å². The van der Waals surface area contributed by atoms with E-state index in [0.717, 1.165) is 19.8 Å². The Kier molecular flexibility index (Phi) is 3.46. The zero-order valence-corrected chi connectivity index (χ0v) is 10.0. The predicted molar refractivity (Wildman–Crippen MR) is 66.7 cm³/mol. The highest BCUT2D eigenvalue weighted by atomic mass is 16.5. The highest BCUT2D eigenvalue weighted by Crippen LogP contribution is 2.27. The number of anilines is 1. The van der Waals surface area contributed by atoms with Gasteiger partial charge in [0, 0.05) is 24.3 Å². The highest BCUT2D eigenvalue weighted by molar-refractivity contribution is 5.55. The van der Waals surface area contributed by atoms with Crippen LogP contribution in [0.25, 0.3) is 0 Å². The second-order valence-electron chi connectivity index (χ2n) is 4.46. The van der Waals surface area contributed by atoms with E-state index in [1.807, 2.05) is 13.0 Å². The first-order valence-corrected chi connectivity index (χ1v) is 5.89. The third kappa shape index (κ3) is 2.20. The second-order valence-corrected chi connectivity index (χ2v) is 4.46. The molecule has 1 heterocycles. The molecule has 16 heavy (non-hydrogen) atoms. The minimum atomic E-state index is 0.0752. The Balaban J connectivity index is 2.31. The van der Waals surface area contributed by atoms with E-state index in [2.05, 4.69) is 30.0 Å². The first-order valence-electron chi connectivity index (χ1n) is 5.89. The van der Waals surface area contributed by atoms with Gasteiger partial charge < -0.3 is 15.4 Å². The fraction of sp³-hybridized carbons (Fsp3) is 0.538. The van der Waals surface area contributed by atoms with Crippen LogP contribution in [-0.2, 0) is 4.74 Å². The normalized spacial score (nSPS) is 23.2. The number of ether oxygens (including phenoxy) is 1. The molecule has 1 unspecified atom stereocenters. The fourth-order valence-corrected chi connectivity index (χ4v) is 2.22. The topological polar surface area (TPSA) is 38.5 Å². The molecule has 0 bridgehead atoms. The summed E-state index contributed by atoms with van der Waals surface area (Å²) in [4.78, 5) is 2.39. The zero-order valence-electron chi connectivity index (χ0n) is 10.0. The standard InChI is InChI=1S/C13H20N2O/c1-10-9-16-8-7-15(10)13-6-4-3-5-12(13)11(2)14/h3-6,10-11H,7-9,14H2,1-2H3/t10?,11-/m0/s1. The number of nitrogens with zero attached hydrogens (tertiary/aromatic N) is 1. The van der Waals surface area contributed by atoms with Crippen LogP contribution in [0.1, 0.15) is 25.5 Å². The molecule has 2 N–H and O–H groups in total. The number of hydrogen-bond acceptors (Lipinski definition) is 3. The van der Waals surface area contributed by atoms with E-state index in [-0.39, 0.29) is 6.04 Å². The minimum Gasteiger partial charge on any atom is -0.377 e. The van der Waals surface area contributed by atoms with Crippen molar-refractivity contribution in [1.29, 1.82) is 0 Å². The summed E-state index contributed by atoms with van der Waals surface area (Å²) < 4.78 is 5.46. The molecule has 0 aliphatic carbocycles. The van der Waals surface area contributed by atoms with Crippen LogP contribution in [0.2, 0.25) is 0 Å². The van der Waals surface area contributed by atoms with Gasteiger partial charge >= 0.3 is 0 Å². The lowest BCUT2D eigenvalue weighted by Gasteiger charge is -2.37. The molecular formula is C13H20N2O. The van der Waals surface area contributed by atoms with Crippen LogP contribution < -0.4 is 10.6 Å². The summed E-state index contributed by atoms with van der Waals surface area (Å²) in [5, 5.41) is 0. The number of rotatable bonds is 2. The van der Waals surface area contributed by atoms with E-state index in [0.29, 0.717) is 6.04 Å². The molecule has 2 rings (SSSR count). The average molecular weight is 220 g/mol. The molecule has 3 heteroatoms. The van der Waals surface area contributed by atoms with Gasteiger partial charge in [-0.15, -0.1) is 0 Å². The van der Waals surface area contributed by atoms with Crippen molar-refractivity contribution < 1.29 is 4.74 Å². The van der Waals surface area contributed by atoms with Crippen molar-refractivity contribution in [2.45, 2.75) is 25.9 Å². The predicted octanol–water partition coefficient (Wildman–Crippen LogP) is 1.93. The van der Waals surface area contributed by atoms with E-state index < -0.39 is 0 Å². The molecule has 1 aromatic carbocycles. The molecule has 1 aromatic rings. The Bertz CT molecular complexity index is 352. The lowest BCUT2D eigenvalue weighted by Crippen LogP contribution is -2.44. The van der Waals surface area contributed by atoms with Crippen molar-refractivity contribution in [2.24, 2.45) is 5.73 Å². The molecule has 1 fully saturated rings. The molecule has 1 aliphatic rings.